The minimum Gasteiger partial charge on any atom is -0.493 e. The first-order valence-electron chi connectivity index (χ1n) is 11.6. The summed E-state index contributed by atoms with van der Waals surface area (Å²) >= 11 is 12.0. The van der Waals surface area contributed by atoms with Crippen molar-refractivity contribution in [1.82, 2.24) is 10.7 Å². The van der Waals surface area contributed by atoms with Crippen molar-refractivity contribution < 1.29 is 28.7 Å². The zero-order chi connectivity index (χ0) is 29.1. The Kier molecular flexibility index (Phi) is 11.8. The molecule has 0 saturated heterocycles. The summed E-state index contributed by atoms with van der Waals surface area (Å²) in [7, 11) is 1.31. The van der Waals surface area contributed by atoms with Gasteiger partial charge in [0.25, 0.3) is 17.5 Å². The van der Waals surface area contributed by atoms with Crippen molar-refractivity contribution in [2.24, 2.45) is 11.0 Å². The van der Waals surface area contributed by atoms with Crippen LogP contribution in [0.5, 0.6) is 17.2 Å². The van der Waals surface area contributed by atoms with Crippen molar-refractivity contribution in [3.8, 4) is 29.6 Å². The Labute approximate surface area is 235 Å². The molecular formula is C26H28Cl2N4O7. The van der Waals surface area contributed by atoms with Gasteiger partial charge < -0.3 is 19.5 Å². The van der Waals surface area contributed by atoms with Gasteiger partial charge >= 0.3 is 0 Å². The molecule has 0 unspecified atom stereocenters. The standard InChI is InChI=1S/C26H28Cl2N4O7/c1-6-9-38-24-17(11-19(32(35)36)13-23(24)37-5)14-29-31-26(34)21(10-15(2)3)30-25(33)16(4)39-22-8-7-18(27)12-20(22)28/h1,7-8,11-16,21H,9-10H2,2-5H3,(H,30,33)(H,31,34)/b29-14-/t16-,21+/m0/s1. The highest BCUT2D eigenvalue weighted by molar-refractivity contribution is 6.35. The molecule has 2 amide bonds. The van der Waals surface area contributed by atoms with E-state index in [0.29, 0.717) is 11.4 Å². The molecule has 2 atom stereocenters. The van der Waals surface area contributed by atoms with E-state index >= 15 is 0 Å². The van der Waals surface area contributed by atoms with Crippen molar-refractivity contribution in [3.05, 3.63) is 56.1 Å². The molecule has 2 N–H and O–H groups in total. The Hall–Kier alpha value is -4.01. The summed E-state index contributed by atoms with van der Waals surface area (Å²) in [5.74, 6) is 1.59. The number of carbonyl (C=O) groups excluding carboxylic acids is 2. The Morgan fingerprint density at radius 1 is 1.18 bits per heavy atom. The van der Waals surface area contributed by atoms with Gasteiger partial charge in [0.1, 0.15) is 18.4 Å². The average Bonchev–Trinajstić information content (AvgIpc) is 2.88. The van der Waals surface area contributed by atoms with Gasteiger partial charge in [-0.1, -0.05) is 43.0 Å². The summed E-state index contributed by atoms with van der Waals surface area (Å²) in [5, 5.41) is 18.5. The number of terminal acetylenes is 1. The zero-order valence-electron chi connectivity index (χ0n) is 21.7. The van der Waals surface area contributed by atoms with Crippen LogP contribution >= 0.6 is 23.2 Å². The number of benzene rings is 2. The van der Waals surface area contributed by atoms with Gasteiger partial charge in [0.2, 0.25) is 0 Å². The van der Waals surface area contributed by atoms with E-state index in [1.165, 1.54) is 38.3 Å². The van der Waals surface area contributed by atoms with Crippen molar-refractivity contribution in [2.45, 2.75) is 39.3 Å². The quantitative estimate of drug-likeness (QED) is 0.155. The number of non-ortho nitro benzene ring substituents is 1. The molecule has 13 heteroatoms. The number of methoxy groups -OCH3 is 1. The fourth-order valence-electron chi connectivity index (χ4n) is 3.28. The van der Waals surface area contributed by atoms with Gasteiger partial charge in [-0.25, -0.2) is 5.43 Å². The maximum absolute atomic E-state index is 12.9. The fourth-order valence-corrected chi connectivity index (χ4v) is 3.73. The predicted octanol–water partition coefficient (Wildman–Crippen LogP) is 4.37. The number of nitrogens with one attached hydrogen (secondary N) is 2. The first-order chi connectivity index (χ1) is 18.5. The van der Waals surface area contributed by atoms with Gasteiger partial charge in [-0.15, -0.1) is 6.42 Å². The van der Waals surface area contributed by atoms with E-state index in [4.69, 9.17) is 43.8 Å². The minimum absolute atomic E-state index is 0.0387. The molecule has 0 saturated carbocycles. The third-order valence-electron chi connectivity index (χ3n) is 5.08. The predicted molar refractivity (Wildman–Crippen MR) is 148 cm³/mol. The molecule has 0 aromatic heterocycles. The number of hydrogen-bond donors (Lipinski definition) is 2. The molecule has 0 spiro atoms. The number of amides is 2. The Bertz CT molecular complexity index is 1280. The van der Waals surface area contributed by atoms with Crippen molar-refractivity contribution in [3.63, 3.8) is 0 Å². The molecule has 2 aromatic rings. The van der Waals surface area contributed by atoms with Crippen LogP contribution in [0.2, 0.25) is 10.0 Å². The van der Waals surface area contributed by atoms with Crippen LogP contribution in [0.4, 0.5) is 5.69 Å². The van der Waals surface area contributed by atoms with E-state index in [-0.39, 0.29) is 46.0 Å². The smallest absolute Gasteiger partial charge is 0.274 e. The van der Waals surface area contributed by atoms with E-state index < -0.39 is 28.9 Å². The average molecular weight is 579 g/mol. The molecule has 0 bridgehead atoms. The van der Waals surface area contributed by atoms with E-state index in [9.17, 15) is 19.7 Å². The molecule has 11 nitrogen and oxygen atoms in total. The first-order valence-corrected chi connectivity index (χ1v) is 12.4. The third kappa shape index (κ3) is 9.35. The molecule has 0 aliphatic carbocycles. The van der Waals surface area contributed by atoms with Crippen molar-refractivity contribution >= 4 is 46.9 Å². The van der Waals surface area contributed by atoms with Gasteiger partial charge in [-0.2, -0.15) is 5.10 Å². The van der Waals surface area contributed by atoms with E-state index in [2.05, 4.69) is 21.8 Å². The van der Waals surface area contributed by atoms with Gasteiger partial charge in [-0.3, -0.25) is 19.7 Å². The number of carbonyl (C=O) groups is 2. The second-order valence-electron chi connectivity index (χ2n) is 8.58. The molecule has 0 radical (unpaired) electrons. The van der Waals surface area contributed by atoms with Gasteiger partial charge in [0.15, 0.2) is 17.6 Å². The number of rotatable bonds is 13. The zero-order valence-corrected chi connectivity index (χ0v) is 23.2. The second kappa shape index (κ2) is 14.8. The van der Waals surface area contributed by atoms with Crippen LogP contribution in [-0.4, -0.2) is 48.8 Å². The van der Waals surface area contributed by atoms with E-state index in [1.807, 2.05) is 13.8 Å². The number of ether oxygens (including phenoxy) is 3. The number of nitro benzene ring substituents is 1. The summed E-state index contributed by atoms with van der Waals surface area (Å²) in [5.41, 5.74) is 2.20. The maximum Gasteiger partial charge on any atom is 0.274 e. The fraction of sp³-hybridized carbons (Fsp3) is 0.346. The topological polar surface area (TPSA) is 141 Å². The highest BCUT2D eigenvalue weighted by Gasteiger charge is 2.26. The molecule has 0 aliphatic heterocycles. The highest BCUT2D eigenvalue weighted by atomic mass is 35.5. The molecular weight excluding hydrogens is 551 g/mol. The van der Waals surface area contributed by atoms with Gasteiger partial charge in [0, 0.05) is 16.7 Å². The molecule has 0 heterocycles. The molecule has 2 aromatic carbocycles. The number of halogens is 2. The van der Waals surface area contributed by atoms with Crippen LogP contribution in [0.25, 0.3) is 0 Å². The maximum atomic E-state index is 12.9. The van der Waals surface area contributed by atoms with Crippen molar-refractivity contribution in [1.29, 1.82) is 0 Å². The highest BCUT2D eigenvalue weighted by Crippen LogP contribution is 2.35. The van der Waals surface area contributed by atoms with Gasteiger partial charge in [0.05, 0.1) is 29.3 Å². The summed E-state index contributed by atoms with van der Waals surface area (Å²) < 4.78 is 16.3. The van der Waals surface area contributed by atoms with Crippen LogP contribution in [-0.2, 0) is 9.59 Å². The lowest BCUT2D eigenvalue weighted by Gasteiger charge is -2.22. The van der Waals surface area contributed by atoms with Crippen LogP contribution in [0.15, 0.2) is 35.4 Å². The monoisotopic (exact) mass is 578 g/mol. The number of hydrogen-bond acceptors (Lipinski definition) is 8. The van der Waals surface area contributed by atoms with Crippen LogP contribution in [0, 0.1) is 28.4 Å². The molecule has 0 fully saturated rings. The largest absolute Gasteiger partial charge is 0.493 e. The normalized spacial score (nSPS) is 12.4. The third-order valence-corrected chi connectivity index (χ3v) is 5.61. The summed E-state index contributed by atoms with van der Waals surface area (Å²) in [4.78, 5) is 36.4. The Balaban J connectivity index is 2.19. The SMILES string of the molecule is C#CCOc1c(/C=N\NC(=O)[C@@H](CC(C)C)NC(=O)[C@H](C)Oc2ccc(Cl)cc2Cl)cc([N+](=O)[O-])cc1OC. The summed E-state index contributed by atoms with van der Waals surface area (Å²) in [6.07, 6.45) is 5.72. The molecule has 208 valence electrons. The second-order valence-corrected chi connectivity index (χ2v) is 9.42. The minimum atomic E-state index is -0.983. The van der Waals surface area contributed by atoms with Crippen LogP contribution in [0.3, 0.4) is 0 Å². The Morgan fingerprint density at radius 2 is 1.90 bits per heavy atom. The molecule has 2 rings (SSSR count). The Morgan fingerprint density at radius 3 is 2.49 bits per heavy atom. The van der Waals surface area contributed by atoms with E-state index in [0.717, 1.165) is 6.21 Å². The lowest BCUT2D eigenvalue weighted by molar-refractivity contribution is -0.385. The number of nitrogens with zero attached hydrogens (tertiary/aromatic N) is 2. The summed E-state index contributed by atoms with van der Waals surface area (Å²) in [6.45, 7) is 5.14. The van der Waals surface area contributed by atoms with E-state index in [1.54, 1.807) is 6.07 Å². The van der Waals surface area contributed by atoms with Crippen molar-refractivity contribution in [2.75, 3.05) is 13.7 Å². The summed E-state index contributed by atoms with van der Waals surface area (Å²) in [6, 6.07) is 6.00. The lowest BCUT2D eigenvalue weighted by atomic mass is 10.0. The number of nitro groups is 1. The van der Waals surface area contributed by atoms with Crippen LogP contribution in [0.1, 0.15) is 32.8 Å². The van der Waals surface area contributed by atoms with Gasteiger partial charge in [-0.05, 0) is 37.5 Å². The molecule has 39 heavy (non-hydrogen) atoms. The van der Waals surface area contributed by atoms with Crippen LogP contribution < -0.4 is 25.0 Å². The lowest BCUT2D eigenvalue weighted by Crippen LogP contribution is -2.49. The molecule has 0 aliphatic rings. The number of hydrazone groups is 1. The first kappa shape index (κ1) is 31.2.